The van der Waals surface area contributed by atoms with E-state index >= 15 is 0 Å². The van der Waals surface area contributed by atoms with Crippen molar-refractivity contribution in [2.24, 2.45) is 0 Å². The Hall–Kier alpha value is -0.980. The lowest BCUT2D eigenvalue weighted by atomic mass is 10.2. The lowest BCUT2D eigenvalue weighted by molar-refractivity contribution is 1.27. The quantitative estimate of drug-likeness (QED) is 0.677. The molecule has 0 heterocycles. The van der Waals surface area contributed by atoms with Gasteiger partial charge in [0.1, 0.15) is 0 Å². The predicted octanol–water partition coefficient (Wildman–Crippen LogP) is 1.78. The molecule has 0 atom stereocenters. The van der Waals surface area contributed by atoms with Gasteiger partial charge in [-0.2, -0.15) is 5.26 Å². The fourth-order valence-electron chi connectivity index (χ4n) is 0.715. The predicted molar refractivity (Wildman–Crippen MR) is 46.1 cm³/mol. The van der Waals surface area contributed by atoms with E-state index in [1.54, 1.807) is 12.1 Å². The molecule has 0 saturated heterocycles. The molecule has 0 fully saturated rings. The number of benzene rings is 1. The zero-order chi connectivity index (χ0) is 8.10. The van der Waals surface area contributed by atoms with Crippen molar-refractivity contribution in [2.45, 2.75) is 4.90 Å². The first kappa shape index (κ1) is 8.12. The van der Waals surface area contributed by atoms with E-state index in [0.717, 1.165) is 4.90 Å². The van der Waals surface area contributed by atoms with Crippen LogP contribution in [-0.4, -0.2) is 7.05 Å². The van der Waals surface area contributed by atoms with E-state index in [1.165, 1.54) is 11.9 Å². The van der Waals surface area contributed by atoms with Gasteiger partial charge in [-0.3, -0.25) is 4.72 Å². The lowest BCUT2D eigenvalue weighted by Crippen LogP contribution is -1.89. The van der Waals surface area contributed by atoms with E-state index in [0.29, 0.717) is 5.56 Å². The smallest absolute Gasteiger partial charge is 0.0991 e. The molecule has 0 aliphatic carbocycles. The van der Waals surface area contributed by atoms with Crippen molar-refractivity contribution < 1.29 is 0 Å². The average Bonchev–Trinajstić information content (AvgIpc) is 2.07. The van der Waals surface area contributed by atoms with Gasteiger partial charge in [-0.25, -0.2) is 0 Å². The summed E-state index contributed by atoms with van der Waals surface area (Å²) in [5.41, 5.74) is 0.699. The molecule has 1 rings (SSSR count). The van der Waals surface area contributed by atoms with Gasteiger partial charge < -0.3 is 0 Å². The Morgan fingerprint density at radius 1 is 1.36 bits per heavy atom. The minimum atomic E-state index is 0.699. The number of nitrogens with zero attached hydrogens (tertiary/aromatic N) is 1. The summed E-state index contributed by atoms with van der Waals surface area (Å²) in [4.78, 5) is 1.12. The fraction of sp³-hybridized carbons (Fsp3) is 0.125. The third kappa shape index (κ3) is 2.26. The Balaban J connectivity index is 2.76. The summed E-state index contributed by atoms with van der Waals surface area (Å²) in [5.74, 6) is 0. The highest BCUT2D eigenvalue weighted by atomic mass is 32.2. The normalized spacial score (nSPS) is 9.09. The Bertz CT molecular complexity index is 260. The van der Waals surface area contributed by atoms with Crippen LogP contribution >= 0.6 is 11.9 Å². The summed E-state index contributed by atoms with van der Waals surface area (Å²) in [7, 11) is 1.86. The summed E-state index contributed by atoms with van der Waals surface area (Å²) in [5, 5.41) is 8.49. The monoisotopic (exact) mass is 164 g/mol. The zero-order valence-electron chi connectivity index (χ0n) is 6.16. The molecule has 0 aliphatic rings. The maximum Gasteiger partial charge on any atom is 0.0991 e. The molecule has 2 nitrogen and oxygen atoms in total. The standard InChI is InChI=1S/C8H8N2S/c1-10-11-8-4-2-7(6-9)3-5-8/h2-5,10H,1H3. The summed E-state index contributed by atoms with van der Waals surface area (Å²) < 4.78 is 2.96. The Morgan fingerprint density at radius 3 is 2.45 bits per heavy atom. The van der Waals surface area contributed by atoms with Crippen LogP contribution in [0.15, 0.2) is 29.2 Å². The molecule has 3 heteroatoms. The Kier molecular flexibility index (Phi) is 2.96. The third-order valence-electron chi connectivity index (χ3n) is 1.20. The first-order valence-corrected chi connectivity index (χ1v) is 4.02. The van der Waals surface area contributed by atoms with E-state index < -0.39 is 0 Å². The largest absolute Gasteiger partial charge is 0.263 e. The topological polar surface area (TPSA) is 35.8 Å². The van der Waals surface area contributed by atoms with E-state index in [2.05, 4.69) is 10.8 Å². The van der Waals surface area contributed by atoms with E-state index in [-0.39, 0.29) is 0 Å². The Labute approximate surface area is 70.4 Å². The molecule has 0 bridgehead atoms. The van der Waals surface area contributed by atoms with E-state index in [9.17, 15) is 0 Å². The van der Waals surface area contributed by atoms with Gasteiger partial charge in [0.15, 0.2) is 0 Å². The number of rotatable bonds is 2. The molecule has 1 aromatic carbocycles. The van der Waals surface area contributed by atoms with Crippen molar-refractivity contribution in [1.82, 2.24) is 4.72 Å². The van der Waals surface area contributed by atoms with Gasteiger partial charge in [-0.05, 0) is 43.3 Å². The van der Waals surface area contributed by atoms with Crippen LogP contribution < -0.4 is 4.72 Å². The second-order valence-corrected chi connectivity index (χ2v) is 3.03. The van der Waals surface area contributed by atoms with Crippen molar-refractivity contribution in [3.8, 4) is 6.07 Å². The van der Waals surface area contributed by atoms with Crippen molar-refractivity contribution in [3.05, 3.63) is 29.8 Å². The summed E-state index contributed by atoms with van der Waals surface area (Å²) in [6, 6.07) is 9.51. The molecular formula is C8H8N2S. The molecule has 0 spiro atoms. The van der Waals surface area contributed by atoms with Crippen molar-refractivity contribution >= 4 is 11.9 Å². The number of nitriles is 1. The van der Waals surface area contributed by atoms with E-state index in [4.69, 9.17) is 5.26 Å². The third-order valence-corrected chi connectivity index (χ3v) is 1.92. The van der Waals surface area contributed by atoms with Crippen LogP contribution in [0.5, 0.6) is 0 Å². The molecule has 0 saturated carbocycles. The first-order valence-electron chi connectivity index (χ1n) is 3.20. The van der Waals surface area contributed by atoms with Gasteiger partial charge >= 0.3 is 0 Å². The first-order chi connectivity index (χ1) is 5.36. The zero-order valence-corrected chi connectivity index (χ0v) is 6.98. The molecule has 56 valence electrons. The molecule has 11 heavy (non-hydrogen) atoms. The molecule has 0 unspecified atom stereocenters. The highest BCUT2D eigenvalue weighted by Crippen LogP contribution is 2.13. The summed E-state index contributed by atoms with van der Waals surface area (Å²) in [6.45, 7) is 0. The van der Waals surface area contributed by atoms with Crippen LogP contribution in [0.4, 0.5) is 0 Å². The molecule has 1 aromatic rings. The molecule has 1 N–H and O–H groups in total. The van der Waals surface area contributed by atoms with Crippen LogP contribution in [-0.2, 0) is 0 Å². The second kappa shape index (κ2) is 4.02. The second-order valence-electron chi connectivity index (χ2n) is 1.94. The molecule has 0 amide bonds. The van der Waals surface area contributed by atoms with Crippen LogP contribution in [0.2, 0.25) is 0 Å². The average molecular weight is 164 g/mol. The SMILES string of the molecule is CNSc1ccc(C#N)cc1. The maximum absolute atomic E-state index is 8.49. The molecule has 0 aliphatic heterocycles. The molecule has 0 radical (unpaired) electrons. The summed E-state index contributed by atoms with van der Waals surface area (Å²) in [6.07, 6.45) is 0. The summed E-state index contributed by atoms with van der Waals surface area (Å²) >= 11 is 1.54. The van der Waals surface area contributed by atoms with Gasteiger partial charge in [0.05, 0.1) is 11.6 Å². The van der Waals surface area contributed by atoms with Crippen molar-refractivity contribution in [3.63, 3.8) is 0 Å². The lowest BCUT2D eigenvalue weighted by Gasteiger charge is -1.96. The fourth-order valence-corrected chi connectivity index (χ4v) is 1.22. The van der Waals surface area contributed by atoms with Gasteiger partial charge in [0.2, 0.25) is 0 Å². The minimum Gasteiger partial charge on any atom is -0.263 e. The van der Waals surface area contributed by atoms with Gasteiger partial charge in [0, 0.05) is 4.90 Å². The molecular weight excluding hydrogens is 156 g/mol. The molecule has 0 aromatic heterocycles. The highest BCUT2D eigenvalue weighted by molar-refractivity contribution is 7.97. The number of hydrogen-bond acceptors (Lipinski definition) is 3. The number of nitrogens with one attached hydrogen (secondary N) is 1. The Morgan fingerprint density at radius 2 is 2.00 bits per heavy atom. The van der Waals surface area contributed by atoms with Gasteiger partial charge in [-0.15, -0.1) is 0 Å². The van der Waals surface area contributed by atoms with Crippen molar-refractivity contribution in [1.29, 1.82) is 5.26 Å². The van der Waals surface area contributed by atoms with Crippen LogP contribution in [0.1, 0.15) is 5.56 Å². The van der Waals surface area contributed by atoms with E-state index in [1.807, 2.05) is 19.2 Å². The van der Waals surface area contributed by atoms with Crippen LogP contribution in [0, 0.1) is 11.3 Å². The van der Waals surface area contributed by atoms with Crippen molar-refractivity contribution in [2.75, 3.05) is 7.05 Å². The van der Waals surface area contributed by atoms with Gasteiger partial charge in [-0.1, -0.05) is 0 Å². The van der Waals surface area contributed by atoms with Gasteiger partial charge in [0.25, 0.3) is 0 Å². The maximum atomic E-state index is 8.49. The van der Waals surface area contributed by atoms with Crippen LogP contribution in [0.3, 0.4) is 0 Å². The van der Waals surface area contributed by atoms with Crippen LogP contribution in [0.25, 0.3) is 0 Å². The highest BCUT2D eigenvalue weighted by Gasteiger charge is 1.91. The number of hydrogen-bond donors (Lipinski definition) is 1. The minimum absolute atomic E-state index is 0.699.